The molecule has 0 aromatic heterocycles. The second-order valence-electron chi connectivity index (χ2n) is 1.97. The quantitative estimate of drug-likeness (QED) is 0.288. The van der Waals surface area contributed by atoms with Crippen LogP contribution in [0.25, 0.3) is 0 Å². The molecule has 7 heteroatoms. The lowest BCUT2D eigenvalue weighted by Gasteiger charge is -2.10. The van der Waals surface area contributed by atoms with Gasteiger partial charge in [0.05, 0.1) is 6.61 Å². The van der Waals surface area contributed by atoms with Gasteiger partial charge in [-0.1, -0.05) is 0 Å². The molecule has 0 amide bonds. The first-order valence-corrected chi connectivity index (χ1v) is 3.11. The Morgan fingerprint density at radius 2 is 1.92 bits per heavy atom. The van der Waals surface area contributed by atoms with Gasteiger partial charge in [0, 0.05) is 0 Å². The van der Waals surface area contributed by atoms with Gasteiger partial charge in [0.25, 0.3) is 0 Å². The van der Waals surface area contributed by atoms with E-state index < -0.39 is 31.1 Å². The molecule has 0 aromatic carbocycles. The third kappa shape index (κ3) is 4.61. The first kappa shape index (κ1) is 10.8. The predicted octanol–water partition coefficient (Wildman–Crippen LogP) is -2.39. The standard InChI is InChI=1S/C5H10N2O5/c8-2-3(5(11)12)7-6-1-4(9)10/h3,6-8H,1-2H2,(H,9,10)(H,11,12)/t3-/m0/s1. The van der Waals surface area contributed by atoms with Crippen LogP contribution in [0.3, 0.4) is 0 Å². The van der Waals surface area contributed by atoms with Gasteiger partial charge in [-0.05, 0) is 0 Å². The van der Waals surface area contributed by atoms with Gasteiger partial charge in [0.1, 0.15) is 12.6 Å². The van der Waals surface area contributed by atoms with Crippen LogP contribution >= 0.6 is 0 Å². The van der Waals surface area contributed by atoms with Crippen LogP contribution in [0.4, 0.5) is 0 Å². The van der Waals surface area contributed by atoms with Gasteiger partial charge < -0.3 is 15.3 Å². The molecule has 0 rings (SSSR count). The Morgan fingerprint density at radius 3 is 2.25 bits per heavy atom. The van der Waals surface area contributed by atoms with Crippen molar-refractivity contribution in [3.05, 3.63) is 0 Å². The Kier molecular flexibility index (Phi) is 4.93. The van der Waals surface area contributed by atoms with Crippen molar-refractivity contribution >= 4 is 11.9 Å². The monoisotopic (exact) mass is 178 g/mol. The number of aliphatic hydroxyl groups is 1. The Labute approximate surface area is 68.0 Å². The third-order valence-electron chi connectivity index (χ3n) is 0.997. The zero-order valence-corrected chi connectivity index (χ0v) is 6.15. The maximum Gasteiger partial charge on any atom is 0.324 e. The lowest BCUT2D eigenvalue weighted by molar-refractivity contribution is -0.142. The number of carboxylic acids is 2. The Balaban J connectivity index is 3.59. The van der Waals surface area contributed by atoms with Gasteiger partial charge in [0.15, 0.2) is 0 Å². The highest BCUT2D eigenvalue weighted by atomic mass is 16.4. The van der Waals surface area contributed by atoms with Crippen molar-refractivity contribution in [2.24, 2.45) is 0 Å². The number of rotatable bonds is 6. The van der Waals surface area contributed by atoms with Crippen molar-refractivity contribution in [3.63, 3.8) is 0 Å². The van der Waals surface area contributed by atoms with Gasteiger partial charge in [-0.3, -0.25) is 9.59 Å². The van der Waals surface area contributed by atoms with Crippen LogP contribution in [0.5, 0.6) is 0 Å². The van der Waals surface area contributed by atoms with Gasteiger partial charge in [-0.25, -0.2) is 10.9 Å². The Bertz CT molecular complexity index is 171. The first-order chi connectivity index (χ1) is 5.57. The van der Waals surface area contributed by atoms with Crippen LogP contribution in [-0.4, -0.2) is 46.5 Å². The molecule has 0 aliphatic rings. The summed E-state index contributed by atoms with van der Waals surface area (Å²) >= 11 is 0. The summed E-state index contributed by atoms with van der Waals surface area (Å²) in [5.41, 5.74) is 4.25. The summed E-state index contributed by atoms with van der Waals surface area (Å²) in [7, 11) is 0. The predicted molar refractivity (Wildman–Crippen MR) is 37.3 cm³/mol. The average Bonchev–Trinajstić information content (AvgIpc) is 1.96. The van der Waals surface area contributed by atoms with Gasteiger partial charge in [-0.2, -0.15) is 0 Å². The SMILES string of the molecule is O=C(O)CNN[C@@H](CO)C(=O)O. The summed E-state index contributed by atoms with van der Waals surface area (Å²) < 4.78 is 0. The number of carbonyl (C=O) groups is 2. The highest BCUT2D eigenvalue weighted by Gasteiger charge is 2.14. The normalized spacial score (nSPS) is 12.4. The second kappa shape index (κ2) is 5.47. The molecule has 0 bridgehead atoms. The van der Waals surface area contributed by atoms with Crippen LogP contribution in [0.1, 0.15) is 0 Å². The zero-order valence-electron chi connectivity index (χ0n) is 6.15. The van der Waals surface area contributed by atoms with Crippen LogP contribution in [-0.2, 0) is 9.59 Å². The van der Waals surface area contributed by atoms with E-state index in [1.54, 1.807) is 0 Å². The molecular formula is C5H10N2O5. The molecule has 0 unspecified atom stereocenters. The molecule has 5 N–H and O–H groups in total. The van der Waals surface area contributed by atoms with Gasteiger partial charge in [0.2, 0.25) is 0 Å². The molecule has 0 aromatic rings. The number of carboxylic acid groups (broad SMARTS) is 2. The lowest BCUT2D eigenvalue weighted by atomic mass is 10.3. The fourth-order valence-corrected chi connectivity index (χ4v) is 0.435. The molecule has 0 saturated carbocycles. The molecule has 0 aliphatic heterocycles. The minimum atomic E-state index is -1.25. The van der Waals surface area contributed by atoms with Crippen molar-refractivity contribution in [3.8, 4) is 0 Å². The Hall–Kier alpha value is -1.18. The number of hydrogen-bond acceptors (Lipinski definition) is 5. The van der Waals surface area contributed by atoms with Crippen LogP contribution < -0.4 is 10.9 Å². The van der Waals surface area contributed by atoms with Crippen molar-refractivity contribution < 1.29 is 24.9 Å². The van der Waals surface area contributed by atoms with E-state index in [2.05, 4.69) is 10.9 Å². The van der Waals surface area contributed by atoms with E-state index in [-0.39, 0.29) is 0 Å². The topological polar surface area (TPSA) is 119 Å². The minimum absolute atomic E-state index is 0.413. The average molecular weight is 178 g/mol. The molecule has 70 valence electrons. The summed E-state index contributed by atoms with van der Waals surface area (Å²) in [6.45, 7) is -1.02. The van der Waals surface area contributed by atoms with Gasteiger partial charge >= 0.3 is 11.9 Å². The first-order valence-electron chi connectivity index (χ1n) is 3.11. The maximum absolute atomic E-state index is 10.2. The highest BCUT2D eigenvalue weighted by Crippen LogP contribution is 1.77. The van der Waals surface area contributed by atoms with Crippen molar-refractivity contribution in [2.45, 2.75) is 6.04 Å². The fraction of sp³-hybridized carbons (Fsp3) is 0.600. The minimum Gasteiger partial charge on any atom is -0.480 e. The van der Waals surface area contributed by atoms with E-state index in [1.807, 2.05) is 0 Å². The van der Waals surface area contributed by atoms with Crippen LogP contribution in [0.2, 0.25) is 0 Å². The largest absolute Gasteiger partial charge is 0.480 e. The van der Waals surface area contributed by atoms with E-state index in [4.69, 9.17) is 15.3 Å². The van der Waals surface area contributed by atoms with Crippen LogP contribution in [0, 0.1) is 0 Å². The van der Waals surface area contributed by atoms with Crippen molar-refractivity contribution in [1.29, 1.82) is 0 Å². The summed E-state index contributed by atoms with van der Waals surface area (Å²) in [6, 6.07) is -1.19. The molecule has 0 saturated heterocycles. The molecule has 0 fully saturated rings. The molecule has 7 nitrogen and oxygen atoms in total. The molecule has 0 spiro atoms. The number of nitrogens with one attached hydrogen (secondary N) is 2. The molecule has 12 heavy (non-hydrogen) atoms. The molecule has 0 heterocycles. The number of aliphatic carboxylic acids is 2. The molecule has 0 aliphatic carbocycles. The number of hydrogen-bond donors (Lipinski definition) is 5. The smallest absolute Gasteiger partial charge is 0.324 e. The third-order valence-corrected chi connectivity index (χ3v) is 0.997. The zero-order chi connectivity index (χ0) is 9.56. The van der Waals surface area contributed by atoms with Crippen molar-refractivity contribution in [2.75, 3.05) is 13.2 Å². The lowest BCUT2D eigenvalue weighted by Crippen LogP contribution is -2.49. The fourth-order valence-electron chi connectivity index (χ4n) is 0.435. The van der Waals surface area contributed by atoms with E-state index in [0.29, 0.717) is 0 Å². The summed E-state index contributed by atoms with van der Waals surface area (Å²) in [4.78, 5) is 20.1. The summed E-state index contributed by atoms with van der Waals surface area (Å²) in [5.74, 6) is -2.38. The molecular weight excluding hydrogens is 168 g/mol. The Morgan fingerprint density at radius 1 is 1.33 bits per heavy atom. The van der Waals surface area contributed by atoms with E-state index in [1.165, 1.54) is 0 Å². The summed E-state index contributed by atoms with van der Waals surface area (Å²) in [5, 5.41) is 24.9. The van der Waals surface area contributed by atoms with Crippen molar-refractivity contribution in [1.82, 2.24) is 10.9 Å². The van der Waals surface area contributed by atoms with E-state index in [9.17, 15) is 9.59 Å². The maximum atomic E-state index is 10.2. The van der Waals surface area contributed by atoms with E-state index in [0.717, 1.165) is 0 Å². The molecule has 1 atom stereocenters. The van der Waals surface area contributed by atoms with Crippen LogP contribution in [0.15, 0.2) is 0 Å². The molecule has 0 radical (unpaired) electrons. The van der Waals surface area contributed by atoms with E-state index >= 15 is 0 Å². The number of aliphatic hydroxyl groups excluding tert-OH is 1. The number of hydrazine groups is 1. The van der Waals surface area contributed by atoms with Gasteiger partial charge in [-0.15, -0.1) is 0 Å². The second-order valence-corrected chi connectivity index (χ2v) is 1.97. The highest BCUT2D eigenvalue weighted by molar-refractivity contribution is 5.73. The summed E-state index contributed by atoms with van der Waals surface area (Å²) in [6.07, 6.45) is 0.